The van der Waals surface area contributed by atoms with E-state index in [1.165, 1.54) is 0 Å². The Hall–Kier alpha value is -1.93. The Morgan fingerprint density at radius 2 is 1.88 bits per heavy atom. The van der Waals surface area contributed by atoms with Crippen molar-refractivity contribution >= 4 is 10.0 Å². The minimum Gasteiger partial charge on any atom is -0.274 e. The van der Waals surface area contributed by atoms with Crippen molar-refractivity contribution in [3.63, 3.8) is 0 Å². The van der Waals surface area contributed by atoms with E-state index in [0.717, 1.165) is 11.4 Å². The summed E-state index contributed by atoms with van der Waals surface area (Å²) in [5.41, 5.74) is 0.813. The van der Waals surface area contributed by atoms with Crippen molar-refractivity contribution in [2.45, 2.75) is 50.8 Å². The van der Waals surface area contributed by atoms with Gasteiger partial charge in [-0.25, -0.2) is 22.6 Å². The van der Waals surface area contributed by atoms with Crippen LogP contribution in [0.3, 0.4) is 0 Å². The third kappa shape index (κ3) is 3.76. The quantitative estimate of drug-likeness (QED) is 0.832. The minimum absolute atomic E-state index is 0.0843. The summed E-state index contributed by atoms with van der Waals surface area (Å²) in [5, 5.41) is 6.42. The second kappa shape index (κ2) is 7.75. The Morgan fingerprint density at radius 1 is 1.23 bits per heavy atom. The summed E-state index contributed by atoms with van der Waals surface area (Å²) < 4.78 is 28.3. The van der Waals surface area contributed by atoms with Crippen LogP contribution in [0.25, 0.3) is 0 Å². The lowest BCUT2D eigenvalue weighted by Gasteiger charge is -2.32. The predicted octanol–water partition coefficient (Wildman–Crippen LogP) is 1.93. The summed E-state index contributed by atoms with van der Waals surface area (Å²) in [4.78, 5) is 12.2. The number of benzene rings is 1. The number of hydrogen-bond acceptors (Lipinski definition) is 4. The molecule has 0 spiro atoms. The third-order valence-corrected chi connectivity index (χ3v) is 7.67. The second-order valence-corrected chi connectivity index (χ2v) is 9.25. The highest BCUT2D eigenvalue weighted by atomic mass is 32.2. The summed E-state index contributed by atoms with van der Waals surface area (Å²) in [6.45, 7) is 5.07. The van der Waals surface area contributed by atoms with Gasteiger partial charge in [-0.05, 0) is 31.7 Å². The zero-order chi connectivity index (χ0) is 18.7. The number of sulfonamides is 1. The minimum atomic E-state index is -3.23. The highest BCUT2D eigenvalue weighted by Gasteiger charge is 2.33. The first-order valence-corrected chi connectivity index (χ1v) is 10.6. The molecule has 3 rings (SSSR count). The van der Waals surface area contributed by atoms with Gasteiger partial charge >= 0.3 is 5.69 Å². The standard InChI is InChI=1S/C18H26N4O3S/c1-3-14(2)26(24,25)21-11-9-16(10-12-21)17-19-20-18(23)22(17)13-15-7-5-4-6-8-15/h4-8,14,16H,3,9-13H2,1-2H3,(H,20,23). The Balaban J connectivity index is 1.74. The maximum atomic E-state index is 12.5. The summed E-state index contributed by atoms with van der Waals surface area (Å²) >= 11 is 0. The molecular weight excluding hydrogens is 352 g/mol. The van der Waals surface area contributed by atoms with E-state index in [-0.39, 0.29) is 16.9 Å². The average molecular weight is 378 g/mol. The van der Waals surface area contributed by atoms with Crippen LogP contribution in [0, 0.1) is 0 Å². The Kier molecular flexibility index (Phi) is 5.62. The van der Waals surface area contributed by atoms with Crippen LogP contribution < -0.4 is 5.69 Å². The fourth-order valence-electron chi connectivity index (χ4n) is 3.39. The van der Waals surface area contributed by atoms with E-state index < -0.39 is 10.0 Å². The number of hydrogen-bond donors (Lipinski definition) is 1. The van der Waals surface area contributed by atoms with Gasteiger partial charge in [-0.3, -0.25) is 4.57 Å². The molecule has 7 nitrogen and oxygen atoms in total. The SMILES string of the molecule is CCC(C)S(=O)(=O)N1CCC(c2n[nH]c(=O)n2Cc2ccccc2)CC1. The molecule has 1 saturated heterocycles. The molecule has 0 bridgehead atoms. The molecule has 1 aromatic heterocycles. The highest BCUT2D eigenvalue weighted by Crippen LogP contribution is 2.28. The normalized spacial score (nSPS) is 18.1. The van der Waals surface area contributed by atoms with Crippen LogP contribution in [0.15, 0.2) is 35.1 Å². The van der Waals surface area contributed by atoms with Crippen molar-refractivity contribution in [1.29, 1.82) is 0 Å². The molecule has 0 aliphatic carbocycles. The molecule has 1 aliphatic heterocycles. The molecule has 0 saturated carbocycles. The van der Waals surface area contributed by atoms with E-state index in [1.54, 1.807) is 15.8 Å². The molecule has 26 heavy (non-hydrogen) atoms. The zero-order valence-corrected chi connectivity index (χ0v) is 16.1. The maximum Gasteiger partial charge on any atom is 0.343 e. The first kappa shape index (κ1) is 18.8. The van der Waals surface area contributed by atoms with Crippen molar-refractivity contribution in [3.8, 4) is 0 Å². The Bertz CT molecular complexity index is 881. The molecule has 2 heterocycles. The summed E-state index contributed by atoms with van der Waals surface area (Å²) in [5.74, 6) is 0.806. The fourth-order valence-corrected chi connectivity index (χ4v) is 5.04. The highest BCUT2D eigenvalue weighted by molar-refractivity contribution is 7.89. The predicted molar refractivity (Wildman–Crippen MR) is 101 cm³/mol. The maximum absolute atomic E-state index is 12.5. The number of aromatic amines is 1. The zero-order valence-electron chi connectivity index (χ0n) is 15.3. The molecule has 0 radical (unpaired) electrons. The van der Waals surface area contributed by atoms with E-state index >= 15 is 0 Å². The van der Waals surface area contributed by atoms with Gasteiger partial charge in [-0.15, -0.1) is 0 Å². The molecule has 8 heteroatoms. The fraction of sp³-hybridized carbons (Fsp3) is 0.556. The summed E-state index contributed by atoms with van der Waals surface area (Å²) in [6, 6.07) is 9.78. The van der Waals surface area contributed by atoms with Gasteiger partial charge in [-0.1, -0.05) is 37.3 Å². The molecule has 1 aromatic carbocycles. The lowest BCUT2D eigenvalue weighted by atomic mass is 9.97. The first-order chi connectivity index (χ1) is 12.4. The van der Waals surface area contributed by atoms with Gasteiger partial charge in [-0.2, -0.15) is 5.10 Å². The molecule has 2 aromatic rings. The van der Waals surface area contributed by atoms with Gasteiger partial charge in [0, 0.05) is 19.0 Å². The summed E-state index contributed by atoms with van der Waals surface area (Å²) in [7, 11) is -3.23. The van der Waals surface area contributed by atoms with E-state index in [2.05, 4.69) is 10.2 Å². The number of nitrogens with one attached hydrogen (secondary N) is 1. The van der Waals surface area contributed by atoms with Crippen LogP contribution >= 0.6 is 0 Å². The van der Waals surface area contributed by atoms with E-state index in [4.69, 9.17) is 0 Å². The van der Waals surface area contributed by atoms with Crippen LogP contribution in [0.4, 0.5) is 0 Å². The van der Waals surface area contributed by atoms with Crippen molar-refractivity contribution in [2.24, 2.45) is 0 Å². The van der Waals surface area contributed by atoms with Crippen LogP contribution in [-0.4, -0.2) is 45.8 Å². The lowest BCUT2D eigenvalue weighted by molar-refractivity contribution is 0.306. The van der Waals surface area contributed by atoms with Crippen molar-refractivity contribution in [2.75, 3.05) is 13.1 Å². The second-order valence-electron chi connectivity index (χ2n) is 6.90. The Morgan fingerprint density at radius 3 is 2.50 bits per heavy atom. The number of nitrogens with zero attached hydrogens (tertiary/aromatic N) is 3. The third-order valence-electron chi connectivity index (χ3n) is 5.23. The van der Waals surface area contributed by atoms with Crippen LogP contribution in [0.2, 0.25) is 0 Å². The van der Waals surface area contributed by atoms with Gasteiger partial charge in [0.05, 0.1) is 11.8 Å². The lowest BCUT2D eigenvalue weighted by Crippen LogP contribution is -2.42. The molecule has 1 unspecified atom stereocenters. The van der Waals surface area contributed by atoms with Crippen molar-refractivity contribution in [3.05, 3.63) is 52.2 Å². The smallest absolute Gasteiger partial charge is 0.274 e. The number of piperidine rings is 1. The number of aromatic nitrogens is 3. The van der Waals surface area contributed by atoms with Gasteiger partial charge in [0.15, 0.2) is 0 Å². The van der Waals surface area contributed by atoms with Gasteiger partial charge in [0.2, 0.25) is 10.0 Å². The van der Waals surface area contributed by atoms with E-state index in [1.807, 2.05) is 37.3 Å². The van der Waals surface area contributed by atoms with E-state index in [0.29, 0.717) is 38.9 Å². The summed E-state index contributed by atoms with van der Waals surface area (Å²) in [6.07, 6.45) is 1.96. The molecular formula is C18H26N4O3S. The molecule has 1 fully saturated rings. The van der Waals surface area contributed by atoms with Gasteiger partial charge in [0.1, 0.15) is 5.82 Å². The topological polar surface area (TPSA) is 88.1 Å². The number of H-pyrrole nitrogens is 1. The van der Waals surface area contributed by atoms with Gasteiger partial charge in [0.25, 0.3) is 0 Å². The molecule has 0 amide bonds. The first-order valence-electron chi connectivity index (χ1n) is 9.11. The molecule has 142 valence electrons. The van der Waals surface area contributed by atoms with Crippen LogP contribution in [0.5, 0.6) is 0 Å². The van der Waals surface area contributed by atoms with Gasteiger partial charge < -0.3 is 0 Å². The largest absolute Gasteiger partial charge is 0.343 e. The van der Waals surface area contributed by atoms with Crippen molar-refractivity contribution in [1.82, 2.24) is 19.1 Å². The van der Waals surface area contributed by atoms with Crippen LogP contribution in [0.1, 0.15) is 50.4 Å². The van der Waals surface area contributed by atoms with Crippen molar-refractivity contribution < 1.29 is 8.42 Å². The van der Waals surface area contributed by atoms with E-state index in [9.17, 15) is 13.2 Å². The Labute approximate surface area is 154 Å². The molecule has 1 N–H and O–H groups in total. The molecule has 1 aliphatic rings. The average Bonchev–Trinajstić information content (AvgIpc) is 3.02. The monoisotopic (exact) mass is 378 g/mol. The molecule has 1 atom stereocenters. The van der Waals surface area contributed by atoms with Crippen LogP contribution in [-0.2, 0) is 16.6 Å². The number of rotatable bonds is 6.